The van der Waals surface area contributed by atoms with Crippen LogP contribution in [0.3, 0.4) is 0 Å². The second-order valence-corrected chi connectivity index (χ2v) is 9.23. The minimum absolute atomic E-state index is 0.00737. The van der Waals surface area contributed by atoms with Crippen molar-refractivity contribution >= 4 is 22.8 Å². The summed E-state index contributed by atoms with van der Waals surface area (Å²) in [5.41, 5.74) is 0.629. The number of rotatable bonds is 3. The van der Waals surface area contributed by atoms with E-state index in [-0.39, 0.29) is 17.3 Å². The first-order valence-electron chi connectivity index (χ1n) is 11.0. The van der Waals surface area contributed by atoms with Crippen molar-refractivity contribution in [2.75, 3.05) is 49.2 Å². The van der Waals surface area contributed by atoms with Gasteiger partial charge in [0.2, 0.25) is 0 Å². The van der Waals surface area contributed by atoms with Gasteiger partial charge in [-0.1, -0.05) is 0 Å². The van der Waals surface area contributed by atoms with Crippen LogP contribution in [0.2, 0.25) is 0 Å². The highest BCUT2D eigenvalue weighted by Gasteiger charge is 2.49. The number of anilines is 2. The Morgan fingerprint density at radius 2 is 1.88 bits per heavy atom. The molecule has 0 bridgehead atoms. The van der Waals surface area contributed by atoms with Gasteiger partial charge in [0.05, 0.1) is 25.0 Å². The van der Waals surface area contributed by atoms with E-state index >= 15 is 0 Å². The van der Waals surface area contributed by atoms with Gasteiger partial charge in [0, 0.05) is 44.3 Å². The third-order valence-corrected chi connectivity index (χ3v) is 6.80. The molecule has 6 rings (SSSR count). The number of halogens is 3. The van der Waals surface area contributed by atoms with Crippen LogP contribution in [-0.2, 0) is 10.9 Å². The van der Waals surface area contributed by atoms with Crippen molar-refractivity contribution in [1.82, 2.24) is 29.7 Å². The SMILES string of the molecule is Cc1nc(N2CC3(CCN(c4cnc5cnn([C@@H]6CCOC6)c5n4)C3)C2)cc(C(F)(F)F)n1. The lowest BCUT2D eigenvalue weighted by molar-refractivity contribution is -0.141. The first-order chi connectivity index (χ1) is 15.8. The molecule has 3 saturated heterocycles. The van der Waals surface area contributed by atoms with Gasteiger partial charge in [-0.2, -0.15) is 18.3 Å². The molecule has 33 heavy (non-hydrogen) atoms. The van der Waals surface area contributed by atoms with Crippen molar-refractivity contribution in [3.63, 3.8) is 0 Å². The maximum absolute atomic E-state index is 13.1. The number of nitrogens with zero attached hydrogens (tertiary/aromatic N) is 8. The van der Waals surface area contributed by atoms with Crippen molar-refractivity contribution in [3.8, 4) is 0 Å². The molecule has 0 aliphatic carbocycles. The molecule has 3 aliphatic rings. The maximum Gasteiger partial charge on any atom is 0.433 e. The summed E-state index contributed by atoms with van der Waals surface area (Å²) < 4.78 is 46.8. The standard InChI is InChI=1S/C21H23F3N8O/c1-13-27-16(21(22,23)24)6-17(28-13)31-11-20(12-31)3-4-30(10-20)18-8-25-15-7-26-32(19(15)29-18)14-2-5-33-9-14/h6-8,14H,2-5,9-12H2,1H3/t14-/m1/s1. The average molecular weight is 460 g/mol. The van der Waals surface area contributed by atoms with E-state index in [2.05, 4.69) is 25.0 Å². The van der Waals surface area contributed by atoms with Gasteiger partial charge in [-0.3, -0.25) is 0 Å². The number of aromatic nitrogens is 6. The summed E-state index contributed by atoms with van der Waals surface area (Å²) in [5.74, 6) is 1.26. The van der Waals surface area contributed by atoms with Gasteiger partial charge in [-0.25, -0.2) is 24.6 Å². The summed E-state index contributed by atoms with van der Waals surface area (Å²) in [4.78, 5) is 21.3. The van der Waals surface area contributed by atoms with Crippen molar-refractivity contribution in [2.24, 2.45) is 5.41 Å². The predicted octanol–water partition coefficient (Wildman–Crippen LogP) is 2.62. The van der Waals surface area contributed by atoms with Gasteiger partial charge < -0.3 is 14.5 Å². The van der Waals surface area contributed by atoms with Crippen LogP contribution >= 0.6 is 0 Å². The Labute approximate surface area is 187 Å². The molecule has 0 N–H and O–H groups in total. The fourth-order valence-corrected chi connectivity index (χ4v) is 5.12. The molecule has 3 aromatic heterocycles. The van der Waals surface area contributed by atoms with Crippen LogP contribution in [0.15, 0.2) is 18.5 Å². The monoisotopic (exact) mass is 460 g/mol. The summed E-state index contributed by atoms with van der Waals surface area (Å²) in [6.45, 7) is 5.76. The van der Waals surface area contributed by atoms with Crippen LogP contribution in [0.1, 0.15) is 30.4 Å². The summed E-state index contributed by atoms with van der Waals surface area (Å²) in [6.07, 6.45) is 0.875. The number of hydrogen-bond donors (Lipinski definition) is 0. The molecule has 3 aromatic rings. The molecular weight excluding hydrogens is 437 g/mol. The molecule has 0 aromatic carbocycles. The summed E-state index contributed by atoms with van der Waals surface area (Å²) in [6, 6.07) is 1.22. The van der Waals surface area contributed by atoms with Crippen LogP contribution in [0, 0.1) is 12.3 Å². The van der Waals surface area contributed by atoms with Gasteiger partial charge in [-0.05, 0) is 19.8 Å². The number of hydrogen-bond acceptors (Lipinski definition) is 8. The molecule has 174 valence electrons. The molecule has 0 radical (unpaired) electrons. The van der Waals surface area contributed by atoms with Crippen molar-refractivity contribution in [3.05, 3.63) is 30.0 Å². The predicted molar refractivity (Wildman–Crippen MR) is 113 cm³/mol. The fourth-order valence-electron chi connectivity index (χ4n) is 5.12. The van der Waals surface area contributed by atoms with E-state index in [1.807, 2.05) is 9.58 Å². The number of alkyl halides is 3. The van der Waals surface area contributed by atoms with Crippen LogP contribution in [-0.4, -0.2) is 69.1 Å². The first-order valence-corrected chi connectivity index (χ1v) is 11.0. The molecule has 0 saturated carbocycles. The Morgan fingerprint density at radius 3 is 2.64 bits per heavy atom. The van der Waals surface area contributed by atoms with E-state index in [4.69, 9.17) is 9.72 Å². The zero-order chi connectivity index (χ0) is 22.8. The summed E-state index contributed by atoms with van der Waals surface area (Å²) >= 11 is 0. The Hall–Kier alpha value is -3.02. The Bertz CT molecular complexity index is 1200. The van der Waals surface area contributed by atoms with Gasteiger partial charge >= 0.3 is 6.18 Å². The lowest BCUT2D eigenvalue weighted by Gasteiger charge is -2.48. The molecule has 3 aliphatic heterocycles. The number of ether oxygens (including phenoxy) is 1. The van der Waals surface area contributed by atoms with Crippen molar-refractivity contribution in [2.45, 2.75) is 32.0 Å². The highest BCUT2D eigenvalue weighted by molar-refractivity contribution is 5.71. The zero-order valence-corrected chi connectivity index (χ0v) is 18.1. The van der Waals surface area contributed by atoms with E-state index in [9.17, 15) is 13.2 Å². The Kier molecular flexibility index (Phi) is 4.51. The van der Waals surface area contributed by atoms with Crippen LogP contribution in [0.25, 0.3) is 11.2 Å². The van der Waals surface area contributed by atoms with E-state index in [1.165, 1.54) is 6.92 Å². The van der Waals surface area contributed by atoms with Gasteiger partial charge in [0.15, 0.2) is 5.65 Å². The van der Waals surface area contributed by atoms with Crippen LogP contribution in [0.5, 0.6) is 0 Å². The molecular formula is C21H23F3N8O. The van der Waals surface area contributed by atoms with Gasteiger partial charge in [-0.15, -0.1) is 0 Å². The van der Waals surface area contributed by atoms with Crippen molar-refractivity contribution in [1.29, 1.82) is 0 Å². The van der Waals surface area contributed by atoms with E-state index < -0.39 is 11.9 Å². The Morgan fingerprint density at radius 1 is 1.06 bits per heavy atom. The second kappa shape index (κ2) is 7.24. The average Bonchev–Trinajstić information content (AvgIpc) is 3.49. The topological polar surface area (TPSA) is 85.1 Å². The van der Waals surface area contributed by atoms with Crippen LogP contribution in [0.4, 0.5) is 24.8 Å². The number of fused-ring (bicyclic) bond motifs is 1. The molecule has 3 fully saturated rings. The fraction of sp³-hybridized carbons (Fsp3) is 0.571. The molecule has 0 amide bonds. The lowest BCUT2D eigenvalue weighted by atomic mass is 9.79. The highest BCUT2D eigenvalue weighted by atomic mass is 19.4. The molecule has 1 spiro atoms. The largest absolute Gasteiger partial charge is 0.433 e. The van der Waals surface area contributed by atoms with E-state index in [0.717, 1.165) is 55.6 Å². The molecule has 0 unspecified atom stereocenters. The summed E-state index contributed by atoms with van der Waals surface area (Å²) in [5, 5.41) is 4.47. The van der Waals surface area contributed by atoms with E-state index in [0.29, 0.717) is 25.5 Å². The van der Waals surface area contributed by atoms with Crippen LogP contribution < -0.4 is 9.80 Å². The maximum atomic E-state index is 13.1. The highest BCUT2D eigenvalue weighted by Crippen LogP contribution is 2.43. The second-order valence-electron chi connectivity index (χ2n) is 9.23. The van der Waals surface area contributed by atoms with E-state index in [1.54, 1.807) is 12.4 Å². The van der Waals surface area contributed by atoms with Gasteiger partial charge in [0.1, 0.15) is 28.7 Å². The molecule has 6 heterocycles. The molecule has 9 nitrogen and oxygen atoms in total. The normalized spacial score (nSPS) is 22.5. The van der Waals surface area contributed by atoms with Gasteiger partial charge in [0.25, 0.3) is 0 Å². The smallest absolute Gasteiger partial charge is 0.379 e. The third kappa shape index (κ3) is 3.56. The summed E-state index contributed by atoms with van der Waals surface area (Å²) in [7, 11) is 0. The number of aryl methyl sites for hydroxylation is 1. The zero-order valence-electron chi connectivity index (χ0n) is 18.1. The minimum Gasteiger partial charge on any atom is -0.379 e. The first kappa shape index (κ1) is 20.6. The molecule has 1 atom stereocenters. The van der Waals surface area contributed by atoms with Crippen molar-refractivity contribution < 1.29 is 17.9 Å². The minimum atomic E-state index is -4.48. The lowest BCUT2D eigenvalue weighted by Crippen LogP contribution is -2.58. The molecule has 12 heteroatoms. The Balaban J connectivity index is 1.18. The third-order valence-electron chi connectivity index (χ3n) is 6.80. The quantitative estimate of drug-likeness (QED) is 0.590.